The molecule has 0 bridgehead atoms. The molecule has 1 heterocycles. The lowest BCUT2D eigenvalue weighted by Gasteiger charge is -2.26. The molecule has 0 aliphatic carbocycles. The molecule has 0 saturated heterocycles. The van der Waals surface area contributed by atoms with Crippen LogP contribution in [0.4, 0.5) is 5.69 Å². The van der Waals surface area contributed by atoms with E-state index in [-0.39, 0.29) is 23.9 Å². The van der Waals surface area contributed by atoms with E-state index >= 15 is 0 Å². The molecule has 6 nitrogen and oxygen atoms in total. The first-order chi connectivity index (χ1) is 17.3. The van der Waals surface area contributed by atoms with Gasteiger partial charge < -0.3 is 20.5 Å². The number of nitrogens with two attached hydrogens (primary N) is 1. The van der Waals surface area contributed by atoms with Gasteiger partial charge in [0.2, 0.25) is 0 Å². The fraction of sp³-hybridized carbons (Fsp3) is 0.286. The second-order valence-corrected chi connectivity index (χ2v) is 10.8. The monoisotopic (exact) mass is 520 g/mol. The van der Waals surface area contributed by atoms with E-state index in [1.54, 1.807) is 11.8 Å². The molecule has 3 aromatic rings. The summed E-state index contributed by atoms with van der Waals surface area (Å²) in [5.74, 6) is 1.47. The molecule has 1 aliphatic rings. The molecule has 1 aliphatic heterocycles. The third-order valence-electron chi connectivity index (χ3n) is 5.95. The molecular formula is C28H32N4O2S2. The summed E-state index contributed by atoms with van der Waals surface area (Å²) in [6.45, 7) is 8.18. The second-order valence-electron chi connectivity index (χ2n) is 8.67. The highest BCUT2D eigenvalue weighted by Gasteiger charge is 2.37. The predicted molar refractivity (Wildman–Crippen MR) is 150 cm³/mol. The predicted octanol–water partition coefficient (Wildman–Crippen LogP) is 7.18. The lowest BCUT2D eigenvalue weighted by molar-refractivity contribution is 0.200. The van der Waals surface area contributed by atoms with Crippen LogP contribution in [-0.2, 0) is 0 Å². The Hall–Kier alpha value is -3.10. The normalized spacial score (nSPS) is 14.2. The van der Waals surface area contributed by atoms with Crippen LogP contribution in [0.5, 0.6) is 11.5 Å². The topological polar surface area (TPSA) is 104 Å². The molecule has 2 unspecified atom stereocenters. The molecule has 3 aromatic carbocycles. The number of amidine groups is 2. The summed E-state index contributed by atoms with van der Waals surface area (Å²) in [6, 6.07) is 17.8. The molecule has 5 N–H and O–H groups in total. The van der Waals surface area contributed by atoms with Crippen molar-refractivity contribution < 1.29 is 9.47 Å². The van der Waals surface area contributed by atoms with Gasteiger partial charge >= 0.3 is 0 Å². The molecule has 0 saturated carbocycles. The lowest BCUT2D eigenvalue weighted by atomic mass is 10.1. The minimum atomic E-state index is -0.0833. The van der Waals surface area contributed by atoms with Gasteiger partial charge in [-0.2, -0.15) is 0 Å². The van der Waals surface area contributed by atoms with E-state index in [1.165, 1.54) is 11.8 Å². The molecule has 0 fully saturated rings. The molecule has 188 valence electrons. The number of anilines is 1. The van der Waals surface area contributed by atoms with Crippen LogP contribution in [0, 0.1) is 10.8 Å². The van der Waals surface area contributed by atoms with Crippen LogP contribution >= 0.6 is 23.5 Å². The molecule has 0 aromatic heterocycles. The number of fused-ring (bicyclic) bond motifs is 1. The van der Waals surface area contributed by atoms with Crippen LogP contribution in [0.3, 0.4) is 0 Å². The fourth-order valence-electron chi connectivity index (χ4n) is 3.66. The summed E-state index contributed by atoms with van der Waals surface area (Å²) in [4.78, 5) is 3.62. The average molecular weight is 521 g/mol. The van der Waals surface area contributed by atoms with Gasteiger partial charge in [0.05, 0.1) is 33.1 Å². The first-order valence-electron chi connectivity index (χ1n) is 12.1. The Labute approximate surface area is 221 Å². The molecule has 0 spiro atoms. The zero-order chi connectivity index (χ0) is 25.8. The van der Waals surface area contributed by atoms with Gasteiger partial charge in [-0.3, -0.25) is 10.8 Å². The van der Waals surface area contributed by atoms with Crippen molar-refractivity contribution in [3.63, 3.8) is 0 Å². The van der Waals surface area contributed by atoms with Gasteiger partial charge in [0.1, 0.15) is 23.2 Å². The van der Waals surface area contributed by atoms with Crippen molar-refractivity contribution in [2.45, 2.75) is 72.3 Å². The van der Waals surface area contributed by atoms with Gasteiger partial charge in [-0.1, -0.05) is 67.7 Å². The minimum absolute atomic E-state index is 0.0761. The molecule has 2 atom stereocenters. The highest BCUT2D eigenvalue weighted by atomic mass is 32.2. The summed E-state index contributed by atoms with van der Waals surface area (Å²) in [7, 11) is 0. The number of hydrogen-bond acceptors (Lipinski definition) is 7. The molecule has 8 heteroatoms. The Morgan fingerprint density at radius 2 is 1.28 bits per heavy atom. The Bertz CT molecular complexity index is 1280. The van der Waals surface area contributed by atoms with Gasteiger partial charge in [-0.15, -0.1) is 0 Å². The number of ether oxygens (including phenoxy) is 2. The van der Waals surface area contributed by atoms with Crippen LogP contribution in [-0.4, -0.2) is 23.9 Å². The number of rotatable bonds is 10. The summed E-state index contributed by atoms with van der Waals surface area (Å²) in [5.41, 5.74) is 8.16. The van der Waals surface area contributed by atoms with E-state index in [0.29, 0.717) is 28.3 Å². The van der Waals surface area contributed by atoms with Crippen LogP contribution in [0.15, 0.2) is 74.2 Å². The van der Waals surface area contributed by atoms with Gasteiger partial charge in [-0.05, 0) is 51.0 Å². The van der Waals surface area contributed by atoms with Crippen LogP contribution in [0.25, 0.3) is 0 Å². The second kappa shape index (κ2) is 11.3. The maximum atomic E-state index is 8.71. The third-order valence-corrected chi connectivity index (χ3v) is 8.37. The largest absolute Gasteiger partial charge is 0.489 e. The average Bonchev–Trinajstić information content (AvgIpc) is 3.17. The van der Waals surface area contributed by atoms with E-state index < -0.39 is 0 Å². The maximum Gasteiger partial charge on any atom is 0.146 e. The summed E-state index contributed by atoms with van der Waals surface area (Å²) < 4.78 is 13.0. The smallest absolute Gasteiger partial charge is 0.146 e. The van der Waals surface area contributed by atoms with E-state index in [9.17, 15) is 0 Å². The summed E-state index contributed by atoms with van der Waals surface area (Å²) >= 11 is 3.09. The number of nitrogen functional groups attached to an aromatic ring is 1. The van der Waals surface area contributed by atoms with Crippen LogP contribution < -0.4 is 20.5 Å². The van der Waals surface area contributed by atoms with Crippen molar-refractivity contribution >= 4 is 40.9 Å². The molecule has 0 amide bonds. The van der Waals surface area contributed by atoms with Gasteiger partial charge in [0.25, 0.3) is 0 Å². The molecule has 4 rings (SSSR count). The highest BCUT2D eigenvalue weighted by Crippen LogP contribution is 2.54. The Kier molecular flexibility index (Phi) is 8.16. The van der Waals surface area contributed by atoms with Gasteiger partial charge in [0, 0.05) is 15.5 Å². The number of nitrogens with one attached hydrogen (secondary N) is 3. The SMILES string of the molecule is CCC(C)Oc1c(Sc2ccccc2)c(Sc2ccccc2N)c(OC(C)CC)c2c1C(=N)NC2=N. The van der Waals surface area contributed by atoms with Crippen molar-refractivity contribution in [2.24, 2.45) is 0 Å². The maximum absolute atomic E-state index is 8.71. The van der Waals surface area contributed by atoms with E-state index in [2.05, 4.69) is 31.3 Å². The summed E-state index contributed by atoms with van der Waals surface area (Å²) in [5, 5.41) is 20.3. The van der Waals surface area contributed by atoms with Crippen LogP contribution in [0.2, 0.25) is 0 Å². The quantitative estimate of drug-likeness (QED) is 0.211. The Balaban J connectivity index is 2.05. The number of para-hydroxylation sites is 1. The van der Waals surface area contributed by atoms with E-state index in [0.717, 1.165) is 32.4 Å². The molecular weight excluding hydrogens is 488 g/mol. The zero-order valence-electron chi connectivity index (χ0n) is 21.0. The zero-order valence-corrected chi connectivity index (χ0v) is 22.6. The third kappa shape index (κ3) is 5.34. The van der Waals surface area contributed by atoms with Crippen LogP contribution in [0.1, 0.15) is 51.7 Å². The number of hydrogen-bond donors (Lipinski definition) is 4. The first kappa shape index (κ1) is 26.0. The van der Waals surface area contributed by atoms with Crippen molar-refractivity contribution in [3.05, 3.63) is 65.7 Å². The van der Waals surface area contributed by atoms with Crippen molar-refractivity contribution in [3.8, 4) is 11.5 Å². The minimum Gasteiger partial charge on any atom is -0.489 e. The van der Waals surface area contributed by atoms with Gasteiger partial charge in [-0.25, -0.2) is 0 Å². The summed E-state index contributed by atoms with van der Waals surface area (Å²) in [6.07, 6.45) is 1.45. The van der Waals surface area contributed by atoms with Crippen molar-refractivity contribution in [1.29, 1.82) is 10.8 Å². The van der Waals surface area contributed by atoms with Crippen molar-refractivity contribution in [1.82, 2.24) is 5.32 Å². The fourth-order valence-corrected chi connectivity index (χ4v) is 5.84. The Morgan fingerprint density at radius 3 is 1.81 bits per heavy atom. The standard InChI is InChI=1S/C28H32N4O2S2/c1-5-16(3)33-23-21-22(28(31)32-27(21)30)24(34-17(4)6-2)26(36-20-15-11-10-14-19(20)29)25(23)35-18-12-8-7-9-13-18/h7-17H,5-6,29H2,1-4H3,(H3,30,31,32). The number of benzene rings is 3. The van der Waals surface area contributed by atoms with E-state index in [1.807, 2.05) is 56.3 Å². The lowest BCUT2D eigenvalue weighted by Crippen LogP contribution is -2.21. The van der Waals surface area contributed by atoms with E-state index in [4.69, 9.17) is 26.0 Å². The Morgan fingerprint density at radius 1 is 0.778 bits per heavy atom. The first-order valence-corrected chi connectivity index (χ1v) is 13.7. The molecule has 36 heavy (non-hydrogen) atoms. The van der Waals surface area contributed by atoms with Gasteiger partial charge in [0.15, 0.2) is 0 Å². The van der Waals surface area contributed by atoms with Crippen molar-refractivity contribution in [2.75, 3.05) is 5.73 Å². The highest BCUT2D eigenvalue weighted by molar-refractivity contribution is 8.02. The molecule has 0 radical (unpaired) electrons.